The molecular formula is C14H21BrN2O. The molecule has 0 atom stereocenters. The second-order valence-electron chi connectivity index (χ2n) is 4.12. The van der Waals surface area contributed by atoms with Crippen LogP contribution in [0, 0.1) is 0 Å². The maximum Gasteiger partial charge on any atom is 0.223 e. The summed E-state index contributed by atoms with van der Waals surface area (Å²) < 4.78 is 1.08. The molecular weight excluding hydrogens is 292 g/mol. The molecule has 100 valence electrons. The molecule has 0 bridgehead atoms. The van der Waals surface area contributed by atoms with Crippen LogP contribution in [0.1, 0.15) is 25.8 Å². The van der Waals surface area contributed by atoms with Crippen LogP contribution in [0.3, 0.4) is 0 Å². The number of hydrogen-bond donors (Lipinski definition) is 1. The minimum Gasteiger partial charge on any atom is -0.343 e. The summed E-state index contributed by atoms with van der Waals surface area (Å²) in [5.41, 5.74) is 1.22. The number of nitrogens with one attached hydrogen (secondary N) is 1. The lowest BCUT2D eigenvalue weighted by atomic mass is 10.2. The normalized spacial score (nSPS) is 10.4. The summed E-state index contributed by atoms with van der Waals surface area (Å²) in [5, 5.41) is 3.29. The van der Waals surface area contributed by atoms with E-state index in [0.717, 1.165) is 30.7 Å². The van der Waals surface area contributed by atoms with Crippen LogP contribution in [0.15, 0.2) is 28.7 Å². The molecule has 0 aliphatic rings. The van der Waals surface area contributed by atoms with Crippen LogP contribution < -0.4 is 5.32 Å². The van der Waals surface area contributed by atoms with E-state index in [1.54, 1.807) is 0 Å². The Labute approximate surface area is 118 Å². The van der Waals surface area contributed by atoms with E-state index in [1.807, 2.05) is 30.9 Å². The van der Waals surface area contributed by atoms with Gasteiger partial charge in [0, 0.05) is 37.1 Å². The average Bonchev–Trinajstić information content (AvgIpc) is 2.36. The molecule has 1 N–H and O–H groups in total. The molecule has 1 aromatic rings. The fourth-order valence-electron chi connectivity index (χ4n) is 1.81. The Morgan fingerprint density at radius 1 is 1.33 bits per heavy atom. The molecule has 0 saturated carbocycles. The predicted octanol–water partition coefficient (Wildman–Crippen LogP) is 2.80. The molecule has 0 fully saturated rings. The Kier molecular flexibility index (Phi) is 6.98. The van der Waals surface area contributed by atoms with Gasteiger partial charge in [0.1, 0.15) is 0 Å². The van der Waals surface area contributed by atoms with Crippen molar-refractivity contribution in [2.75, 3.05) is 19.6 Å². The highest BCUT2D eigenvalue weighted by atomic mass is 79.9. The largest absolute Gasteiger partial charge is 0.343 e. The van der Waals surface area contributed by atoms with Gasteiger partial charge in [0.2, 0.25) is 5.91 Å². The highest BCUT2D eigenvalue weighted by Gasteiger charge is 2.08. The minimum atomic E-state index is 0.224. The van der Waals surface area contributed by atoms with E-state index in [4.69, 9.17) is 0 Å². The molecule has 18 heavy (non-hydrogen) atoms. The van der Waals surface area contributed by atoms with Crippen LogP contribution in [0.4, 0.5) is 0 Å². The number of carbonyl (C=O) groups excluding carboxylic acids is 1. The lowest BCUT2D eigenvalue weighted by Crippen LogP contribution is -2.32. The van der Waals surface area contributed by atoms with Gasteiger partial charge in [-0.2, -0.15) is 0 Å². The summed E-state index contributed by atoms with van der Waals surface area (Å²) in [6, 6.07) is 8.18. The van der Waals surface area contributed by atoms with E-state index >= 15 is 0 Å². The Bertz CT molecular complexity index is 378. The van der Waals surface area contributed by atoms with Crippen molar-refractivity contribution in [1.82, 2.24) is 10.2 Å². The summed E-state index contributed by atoms with van der Waals surface area (Å²) in [5.74, 6) is 0.224. The van der Waals surface area contributed by atoms with Crippen molar-refractivity contribution in [3.63, 3.8) is 0 Å². The first-order valence-electron chi connectivity index (χ1n) is 6.40. The number of nitrogens with zero attached hydrogens (tertiary/aromatic N) is 1. The average molecular weight is 313 g/mol. The molecule has 0 saturated heterocycles. The minimum absolute atomic E-state index is 0.224. The molecule has 0 aliphatic heterocycles. The second kappa shape index (κ2) is 8.27. The van der Waals surface area contributed by atoms with Crippen molar-refractivity contribution >= 4 is 21.8 Å². The number of carbonyl (C=O) groups is 1. The molecule has 1 amide bonds. The molecule has 0 aromatic heterocycles. The van der Waals surface area contributed by atoms with Crippen LogP contribution in [0.25, 0.3) is 0 Å². The smallest absolute Gasteiger partial charge is 0.223 e. The Morgan fingerprint density at radius 3 is 2.67 bits per heavy atom. The van der Waals surface area contributed by atoms with Crippen molar-refractivity contribution in [2.45, 2.75) is 26.8 Å². The van der Waals surface area contributed by atoms with Crippen LogP contribution in [0.2, 0.25) is 0 Å². The monoisotopic (exact) mass is 312 g/mol. The zero-order chi connectivity index (χ0) is 13.4. The molecule has 0 aliphatic carbocycles. The fourth-order valence-corrected chi connectivity index (χ4v) is 2.26. The van der Waals surface area contributed by atoms with Crippen LogP contribution in [0.5, 0.6) is 0 Å². The van der Waals surface area contributed by atoms with Crippen molar-refractivity contribution < 1.29 is 4.79 Å². The molecule has 0 spiro atoms. The molecule has 0 radical (unpaired) electrons. The van der Waals surface area contributed by atoms with Gasteiger partial charge in [-0.15, -0.1) is 0 Å². The Morgan fingerprint density at radius 2 is 2.06 bits per heavy atom. The van der Waals surface area contributed by atoms with Gasteiger partial charge < -0.3 is 10.2 Å². The van der Waals surface area contributed by atoms with Crippen molar-refractivity contribution in [2.24, 2.45) is 0 Å². The zero-order valence-corrected chi connectivity index (χ0v) is 12.7. The third-order valence-electron chi connectivity index (χ3n) is 2.85. The standard InChI is InChI=1S/C14H21BrN2O/c1-3-17(4-2)14(18)8-9-16-11-12-6-5-7-13(15)10-12/h5-7,10,16H,3-4,8-9,11H2,1-2H3. The van der Waals surface area contributed by atoms with Gasteiger partial charge in [0.15, 0.2) is 0 Å². The number of halogens is 1. The number of benzene rings is 1. The maximum atomic E-state index is 11.7. The number of hydrogen-bond acceptors (Lipinski definition) is 2. The van der Waals surface area contributed by atoms with E-state index in [9.17, 15) is 4.79 Å². The van der Waals surface area contributed by atoms with Crippen LogP contribution >= 0.6 is 15.9 Å². The van der Waals surface area contributed by atoms with Gasteiger partial charge in [0.25, 0.3) is 0 Å². The van der Waals surface area contributed by atoms with Crippen molar-refractivity contribution in [3.8, 4) is 0 Å². The van der Waals surface area contributed by atoms with Crippen molar-refractivity contribution in [1.29, 1.82) is 0 Å². The van der Waals surface area contributed by atoms with Gasteiger partial charge in [-0.05, 0) is 31.5 Å². The second-order valence-corrected chi connectivity index (χ2v) is 5.04. The van der Waals surface area contributed by atoms with E-state index in [2.05, 4.69) is 33.4 Å². The van der Waals surface area contributed by atoms with Crippen LogP contribution in [-0.4, -0.2) is 30.4 Å². The van der Waals surface area contributed by atoms with E-state index in [0.29, 0.717) is 6.42 Å². The van der Waals surface area contributed by atoms with Gasteiger partial charge in [-0.1, -0.05) is 28.1 Å². The topological polar surface area (TPSA) is 32.3 Å². The number of rotatable bonds is 7. The fraction of sp³-hybridized carbons (Fsp3) is 0.500. The number of amides is 1. The quantitative estimate of drug-likeness (QED) is 0.785. The SMILES string of the molecule is CCN(CC)C(=O)CCNCc1cccc(Br)c1. The summed E-state index contributed by atoms with van der Waals surface area (Å²) in [7, 11) is 0. The Balaban J connectivity index is 2.24. The third-order valence-corrected chi connectivity index (χ3v) is 3.34. The zero-order valence-electron chi connectivity index (χ0n) is 11.1. The first-order valence-corrected chi connectivity index (χ1v) is 7.19. The molecule has 0 unspecified atom stereocenters. The Hall–Kier alpha value is -0.870. The maximum absolute atomic E-state index is 11.7. The van der Waals surface area contributed by atoms with Crippen molar-refractivity contribution in [3.05, 3.63) is 34.3 Å². The molecule has 1 rings (SSSR count). The van der Waals surface area contributed by atoms with E-state index in [-0.39, 0.29) is 5.91 Å². The first kappa shape index (κ1) is 15.2. The van der Waals surface area contributed by atoms with E-state index < -0.39 is 0 Å². The molecule has 3 nitrogen and oxygen atoms in total. The van der Waals surface area contributed by atoms with Gasteiger partial charge in [-0.3, -0.25) is 4.79 Å². The summed E-state index contributed by atoms with van der Waals surface area (Å²) in [4.78, 5) is 13.6. The summed E-state index contributed by atoms with van der Waals surface area (Å²) in [6.45, 7) is 7.13. The summed E-state index contributed by atoms with van der Waals surface area (Å²) >= 11 is 3.44. The van der Waals surface area contributed by atoms with Gasteiger partial charge in [-0.25, -0.2) is 0 Å². The third kappa shape index (κ3) is 5.19. The van der Waals surface area contributed by atoms with Crippen LogP contribution in [-0.2, 0) is 11.3 Å². The lowest BCUT2D eigenvalue weighted by Gasteiger charge is -2.18. The highest BCUT2D eigenvalue weighted by Crippen LogP contribution is 2.11. The lowest BCUT2D eigenvalue weighted by molar-refractivity contribution is -0.130. The molecule has 0 heterocycles. The van der Waals surface area contributed by atoms with Gasteiger partial charge >= 0.3 is 0 Å². The summed E-state index contributed by atoms with van der Waals surface area (Å²) in [6.07, 6.45) is 0.565. The molecule has 1 aromatic carbocycles. The van der Waals surface area contributed by atoms with Gasteiger partial charge in [0.05, 0.1) is 0 Å². The first-order chi connectivity index (χ1) is 8.67. The predicted molar refractivity (Wildman–Crippen MR) is 78.4 cm³/mol. The van der Waals surface area contributed by atoms with E-state index in [1.165, 1.54) is 5.56 Å². The highest BCUT2D eigenvalue weighted by molar-refractivity contribution is 9.10. The molecule has 4 heteroatoms.